The molecule has 0 bridgehead atoms. The molecule has 0 amide bonds. The molecule has 0 aliphatic heterocycles. The average Bonchev–Trinajstić information content (AvgIpc) is 2.74. The normalized spacial score (nSPS) is 11.1. The van der Waals surface area contributed by atoms with Crippen molar-refractivity contribution in [3.05, 3.63) is 53.1 Å². The summed E-state index contributed by atoms with van der Waals surface area (Å²) < 4.78 is 14.4. The number of nitrogens with zero attached hydrogens (tertiary/aromatic N) is 3. The summed E-state index contributed by atoms with van der Waals surface area (Å²) in [6.45, 7) is 1.87. The number of halogens is 2. The molecule has 90 valence electrons. The monoisotopic (exact) mass is 261 g/mol. The summed E-state index contributed by atoms with van der Waals surface area (Å²) in [6, 6.07) is 9.73. The Bertz CT molecular complexity index is 719. The van der Waals surface area contributed by atoms with Gasteiger partial charge in [-0.3, -0.25) is 0 Å². The molecule has 0 N–H and O–H groups in total. The van der Waals surface area contributed by atoms with Gasteiger partial charge >= 0.3 is 0 Å². The Labute approximate surface area is 108 Å². The van der Waals surface area contributed by atoms with Gasteiger partial charge in [0.1, 0.15) is 11.0 Å². The Balaban J connectivity index is 2.19. The number of hydrogen-bond acceptors (Lipinski definition) is 2. The molecule has 3 aromatic rings. The molecular weight excluding hydrogens is 253 g/mol. The van der Waals surface area contributed by atoms with Crippen LogP contribution < -0.4 is 0 Å². The van der Waals surface area contributed by atoms with Gasteiger partial charge in [-0.05, 0) is 37.3 Å². The Morgan fingerprint density at radius 1 is 1.17 bits per heavy atom. The van der Waals surface area contributed by atoms with Gasteiger partial charge in [0.2, 0.25) is 0 Å². The number of aryl methyl sites for hydroxylation is 1. The third-order valence-electron chi connectivity index (χ3n) is 2.65. The van der Waals surface area contributed by atoms with Crippen LogP contribution in [0.3, 0.4) is 0 Å². The summed E-state index contributed by atoms with van der Waals surface area (Å²) in [7, 11) is 0. The topological polar surface area (TPSA) is 30.2 Å². The van der Waals surface area contributed by atoms with Gasteiger partial charge in [0.15, 0.2) is 5.65 Å². The molecule has 0 saturated carbocycles. The summed E-state index contributed by atoms with van der Waals surface area (Å²) in [6.07, 6.45) is 0. The molecule has 5 heteroatoms. The van der Waals surface area contributed by atoms with E-state index < -0.39 is 0 Å². The van der Waals surface area contributed by atoms with Crippen molar-refractivity contribution in [2.45, 2.75) is 6.92 Å². The molecule has 2 aromatic heterocycles. The molecule has 0 aliphatic carbocycles. The van der Waals surface area contributed by atoms with E-state index in [1.54, 1.807) is 22.7 Å². The lowest BCUT2D eigenvalue weighted by molar-refractivity contribution is 0.628. The quantitative estimate of drug-likeness (QED) is 0.628. The van der Waals surface area contributed by atoms with Crippen molar-refractivity contribution in [1.29, 1.82) is 0 Å². The summed E-state index contributed by atoms with van der Waals surface area (Å²) in [5.74, 6) is -0.269. The Morgan fingerprint density at radius 2 is 1.89 bits per heavy atom. The van der Waals surface area contributed by atoms with E-state index in [1.165, 1.54) is 12.1 Å². The van der Waals surface area contributed by atoms with Gasteiger partial charge in [-0.15, -0.1) is 0 Å². The van der Waals surface area contributed by atoms with E-state index in [9.17, 15) is 4.39 Å². The molecule has 0 radical (unpaired) electrons. The fourth-order valence-corrected chi connectivity index (χ4v) is 2.10. The molecule has 0 aliphatic rings. The highest BCUT2D eigenvalue weighted by molar-refractivity contribution is 6.29. The lowest BCUT2D eigenvalue weighted by atomic mass is 10.1. The zero-order valence-electron chi connectivity index (χ0n) is 9.56. The number of benzene rings is 1. The van der Waals surface area contributed by atoms with Crippen molar-refractivity contribution in [3.8, 4) is 11.3 Å². The Kier molecular flexibility index (Phi) is 2.52. The van der Waals surface area contributed by atoms with Crippen LogP contribution in [0.5, 0.6) is 0 Å². The maximum absolute atomic E-state index is 12.9. The van der Waals surface area contributed by atoms with E-state index in [-0.39, 0.29) is 5.82 Å². The molecule has 3 nitrogen and oxygen atoms in total. The van der Waals surface area contributed by atoms with Crippen LogP contribution in [0, 0.1) is 12.7 Å². The standard InChI is InChI=1S/C13H9ClFN3/c1-8-6-12(14)18-13(16-8)7-11(17-18)9-2-4-10(15)5-3-9/h2-7H,1H3. The number of hydrogen-bond donors (Lipinski definition) is 0. The van der Waals surface area contributed by atoms with E-state index in [2.05, 4.69) is 10.1 Å². The highest BCUT2D eigenvalue weighted by Crippen LogP contribution is 2.21. The van der Waals surface area contributed by atoms with Gasteiger partial charge in [0.05, 0.1) is 5.69 Å². The molecule has 1 aromatic carbocycles. The van der Waals surface area contributed by atoms with E-state index in [4.69, 9.17) is 11.6 Å². The number of rotatable bonds is 1. The van der Waals surface area contributed by atoms with Crippen LogP contribution in [0.15, 0.2) is 36.4 Å². The van der Waals surface area contributed by atoms with E-state index in [0.29, 0.717) is 10.8 Å². The van der Waals surface area contributed by atoms with E-state index >= 15 is 0 Å². The average molecular weight is 262 g/mol. The van der Waals surface area contributed by atoms with Crippen LogP contribution in [0.1, 0.15) is 5.69 Å². The number of aromatic nitrogens is 3. The van der Waals surface area contributed by atoms with Crippen molar-refractivity contribution in [1.82, 2.24) is 14.6 Å². The van der Waals surface area contributed by atoms with Crippen molar-refractivity contribution in [2.75, 3.05) is 0 Å². The molecule has 0 spiro atoms. The first-order chi connectivity index (χ1) is 8.63. The summed E-state index contributed by atoms with van der Waals surface area (Å²) in [4.78, 5) is 4.34. The Morgan fingerprint density at radius 3 is 2.61 bits per heavy atom. The fourth-order valence-electron chi connectivity index (χ4n) is 1.82. The van der Waals surface area contributed by atoms with Gasteiger partial charge in [-0.1, -0.05) is 11.6 Å². The smallest absolute Gasteiger partial charge is 0.157 e. The van der Waals surface area contributed by atoms with Crippen LogP contribution in [-0.2, 0) is 0 Å². The molecule has 0 atom stereocenters. The predicted octanol–water partition coefficient (Wildman–Crippen LogP) is 3.50. The third-order valence-corrected chi connectivity index (χ3v) is 2.92. The van der Waals surface area contributed by atoms with Gasteiger partial charge in [0, 0.05) is 17.3 Å². The summed E-state index contributed by atoms with van der Waals surface area (Å²) in [5.41, 5.74) is 3.06. The first-order valence-electron chi connectivity index (χ1n) is 5.42. The largest absolute Gasteiger partial charge is 0.234 e. The van der Waals surface area contributed by atoms with Gasteiger partial charge in [-0.25, -0.2) is 13.9 Å². The first-order valence-corrected chi connectivity index (χ1v) is 5.80. The predicted molar refractivity (Wildman–Crippen MR) is 68.1 cm³/mol. The van der Waals surface area contributed by atoms with Crippen LogP contribution in [0.25, 0.3) is 16.9 Å². The minimum atomic E-state index is -0.269. The second kappa shape index (κ2) is 4.07. The molecular formula is C13H9ClFN3. The zero-order valence-corrected chi connectivity index (χ0v) is 10.3. The van der Waals surface area contributed by atoms with Crippen molar-refractivity contribution in [3.63, 3.8) is 0 Å². The van der Waals surface area contributed by atoms with Gasteiger partial charge in [-0.2, -0.15) is 5.10 Å². The van der Waals surface area contributed by atoms with Crippen molar-refractivity contribution >= 4 is 17.2 Å². The Hall–Kier alpha value is -1.94. The second-order valence-electron chi connectivity index (χ2n) is 4.03. The SMILES string of the molecule is Cc1cc(Cl)n2nc(-c3ccc(F)cc3)cc2n1. The van der Waals surface area contributed by atoms with Gasteiger partial charge in [0.25, 0.3) is 0 Å². The lowest BCUT2D eigenvalue weighted by Gasteiger charge is -1.97. The zero-order chi connectivity index (χ0) is 12.7. The van der Waals surface area contributed by atoms with E-state index in [1.807, 2.05) is 13.0 Å². The maximum atomic E-state index is 12.9. The van der Waals surface area contributed by atoms with Crippen molar-refractivity contribution < 1.29 is 4.39 Å². The highest BCUT2D eigenvalue weighted by Gasteiger charge is 2.08. The highest BCUT2D eigenvalue weighted by atomic mass is 35.5. The minimum Gasteiger partial charge on any atom is -0.234 e. The molecule has 3 rings (SSSR count). The molecule has 0 fully saturated rings. The van der Waals surface area contributed by atoms with Crippen LogP contribution in [-0.4, -0.2) is 14.6 Å². The van der Waals surface area contributed by atoms with Crippen LogP contribution >= 0.6 is 11.6 Å². The second-order valence-corrected chi connectivity index (χ2v) is 4.41. The molecule has 18 heavy (non-hydrogen) atoms. The molecule has 0 unspecified atom stereocenters. The first kappa shape index (κ1) is 11.2. The van der Waals surface area contributed by atoms with Gasteiger partial charge < -0.3 is 0 Å². The molecule has 0 saturated heterocycles. The van der Waals surface area contributed by atoms with Crippen LogP contribution in [0.4, 0.5) is 4.39 Å². The van der Waals surface area contributed by atoms with Crippen LogP contribution in [0.2, 0.25) is 5.15 Å². The minimum absolute atomic E-state index is 0.269. The van der Waals surface area contributed by atoms with E-state index in [0.717, 1.165) is 17.0 Å². The third kappa shape index (κ3) is 1.84. The molecule has 2 heterocycles. The lowest BCUT2D eigenvalue weighted by Crippen LogP contribution is -1.93. The maximum Gasteiger partial charge on any atom is 0.157 e. The number of fused-ring (bicyclic) bond motifs is 1. The summed E-state index contributed by atoms with van der Waals surface area (Å²) >= 11 is 6.09. The van der Waals surface area contributed by atoms with Crippen molar-refractivity contribution in [2.24, 2.45) is 0 Å². The fraction of sp³-hybridized carbons (Fsp3) is 0.0769. The summed E-state index contributed by atoms with van der Waals surface area (Å²) in [5, 5.41) is 4.86.